The number of nitrogens with two attached hydrogens (primary N) is 1. The molecule has 2 rings (SSSR count). The summed E-state index contributed by atoms with van der Waals surface area (Å²) >= 11 is 0. The number of fused-ring (bicyclic) bond motifs is 1. The van der Waals surface area contributed by atoms with Gasteiger partial charge >= 0.3 is 0 Å². The number of hydrogen-bond donors (Lipinski definition) is 2. The van der Waals surface area contributed by atoms with E-state index >= 15 is 0 Å². The highest BCUT2D eigenvalue weighted by Gasteiger charge is 2.13. The monoisotopic (exact) mass is 289 g/mol. The average Bonchev–Trinajstić information content (AvgIpc) is 2.46. The van der Waals surface area contributed by atoms with Crippen LogP contribution in [-0.2, 0) is 6.54 Å². The van der Waals surface area contributed by atoms with Crippen molar-refractivity contribution in [2.24, 2.45) is 0 Å². The topological polar surface area (TPSA) is 71.6 Å². The van der Waals surface area contributed by atoms with E-state index in [1.54, 1.807) is 7.11 Å². The van der Waals surface area contributed by atoms with Crippen molar-refractivity contribution < 1.29 is 9.84 Å². The van der Waals surface area contributed by atoms with Crippen LogP contribution < -0.4 is 10.5 Å². The molecule has 1 aromatic heterocycles. The van der Waals surface area contributed by atoms with Gasteiger partial charge in [0.2, 0.25) is 0 Å². The predicted molar refractivity (Wildman–Crippen MR) is 85.3 cm³/mol. The summed E-state index contributed by atoms with van der Waals surface area (Å²) in [5, 5.41) is 10.2. The molecule has 0 aliphatic carbocycles. The summed E-state index contributed by atoms with van der Waals surface area (Å²) in [4.78, 5) is 6.63. The molecule has 0 bridgehead atoms. The first-order valence-corrected chi connectivity index (χ1v) is 7.13. The van der Waals surface area contributed by atoms with Gasteiger partial charge in [-0.2, -0.15) is 0 Å². The Labute approximate surface area is 125 Å². The lowest BCUT2D eigenvalue weighted by Crippen LogP contribution is -2.33. The molecule has 0 amide bonds. The lowest BCUT2D eigenvalue weighted by atomic mass is 10.1. The van der Waals surface area contributed by atoms with Crippen molar-refractivity contribution in [3.63, 3.8) is 0 Å². The summed E-state index contributed by atoms with van der Waals surface area (Å²) in [5.74, 6) is 1.30. The van der Waals surface area contributed by atoms with Crippen molar-refractivity contribution in [2.45, 2.75) is 26.4 Å². The number of nitrogen functional groups attached to an aromatic ring is 1. The van der Waals surface area contributed by atoms with E-state index in [0.29, 0.717) is 24.9 Å². The van der Waals surface area contributed by atoms with Crippen molar-refractivity contribution in [3.05, 3.63) is 29.8 Å². The van der Waals surface area contributed by atoms with E-state index in [4.69, 9.17) is 15.6 Å². The second-order valence-electron chi connectivity index (χ2n) is 5.38. The number of rotatable bonds is 6. The number of nitrogens with zero attached hydrogens (tertiary/aromatic N) is 2. The number of methoxy groups -OCH3 is 1. The molecule has 114 valence electrons. The molecular weight excluding hydrogens is 266 g/mol. The molecule has 0 saturated heterocycles. The molecule has 0 fully saturated rings. The van der Waals surface area contributed by atoms with Crippen LogP contribution in [-0.4, -0.2) is 41.3 Å². The zero-order chi connectivity index (χ0) is 15.4. The number of aromatic nitrogens is 1. The maximum absolute atomic E-state index is 9.16. The summed E-state index contributed by atoms with van der Waals surface area (Å²) in [6.45, 7) is 5.64. The van der Waals surface area contributed by atoms with Gasteiger partial charge in [-0.25, -0.2) is 4.98 Å². The Balaban J connectivity index is 2.33. The molecule has 0 aliphatic rings. The average molecular weight is 289 g/mol. The molecule has 0 spiro atoms. The van der Waals surface area contributed by atoms with Gasteiger partial charge in [0.25, 0.3) is 0 Å². The van der Waals surface area contributed by atoms with Crippen molar-refractivity contribution in [2.75, 3.05) is 26.0 Å². The van der Waals surface area contributed by atoms with Crippen molar-refractivity contribution in [1.82, 2.24) is 9.88 Å². The zero-order valence-corrected chi connectivity index (χ0v) is 12.8. The second kappa shape index (κ2) is 6.74. The first-order valence-electron chi connectivity index (χ1n) is 7.13. The van der Waals surface area contributed by atoms with Crippen molar-refractivity contribution in [1.29, 1.82) is 0 Å². The fourth-order valence-corrected chi connectivity index (χ4v) is 2.33. The van der Waals surface area contributed by atoms with Crippen LogP contribution in [0.3, 0.4) is 0 Å². The number of hydrogen-bond acceptors (Lipinski definition) is 5. The number of ether oxygens (including phenoxy) is 1. The van der Waals surface area contributed by atoms with Crippen LogP contribution >= 0.6 is 0 Å². The van der Waals surface area contributed by atoms with E-state index in [1.165, 1.54) is 0 Å². The van der Waals surface area contributed by atoms with Crippen molar-refractivity contribution >= 4 is 16.7 Å². The van der Waals surface area contributed by atoms with Gasteiger partial charge in [-0.1, -0.05) is 0 Å². The normalized spacial score (nSPS) is 11.5. The third-order valence-corrected chi connectivity index (χ3v) is 3.63. The van der Waals surface area contributed by atoms with Crippen LogP contribution in [0, 0.1) is 0 Å². The molecule has 21 heavy (non-hydrogen) atoms. The largest absolute Gasteiger partial charge is 0.497 e. The molecule has 0 atom stereocenters. The van der Waals surface area contributed by atoms with Crippen LogP contribution in [0.5, 0.6) is 5.75 Å². The minimum Gasteiger partial charge on any atom is -0.497 e. The quantitative estimate of drug-likeness (QED) is 0.851. The van der Waals surface area contributed by atoms with Gasteiger partial charge in [0, 0.05) is 36.1 Å². The molecule has 5 heteroatoms. The molecule has 0 aliphatic heterocycles. The van der Waals surface area contributed by atoms with Gasteiger partial charge in [-0.3, -0.25) is 4.90 Å². The fourth-order valence-electron chi connectivity index (χ4n) is 2.33. The molecule has 3 N–H and O–H groups in total. The lowest BCUT2D eigenvalue weighted by Gasteiger charge is -2.26. The van der Waals surface area contributed by atoms with Crippen molar-refractivity contribution in [3.8, 4) is 5.75 Å². The molecule has 1 heterocycles. The summed E-state index contributed by atoms with van der Waals surface area (Å²) in [6, 6.07) is 8.17. The number of pyridine rings is 1. The maximum atomic E-state index is 9.16. The molecular formula is C16H23N3O2. The van der Waals surface area contributed by atoms with Gasteiger partial charge in [-0.15, -0.1) is 0 Å². The Morgan fingerprint density at radius 3 is 2.71 bits per heavy atom. The standard InChI is InChI=1S/C16H23N3O2/c1-11(2)19(6-7-20)10-13-8-12-4-5-14(21-3)9-15(12)18-16(13)17/h4-5,8-9,11,20H,6-7,10H2,1-3H3,(H2,17,18). The number of anilines is 1. The molecule has 0 saturated carbocycles. The molecule has 5 nitrogen and oxygen atoms in total. The van der Waals surface area contributed by atoms with Crippen LogP contribution in [0.4, 0.5) is 5.82 Å². The minimum absolute atomic E-state index is 0.135. The Hall–Kier alpha value is -1.85. The predicted octanol–water partition coefficient (Wildman–Crippen LogP) is 2.03. The van der Waals surface area contributed by atoms with Gasteiger partial charge < -0.3 is 15.6 Å². The summed E-state index contributed by atoms with van der Waals surface area (Å²) in [6.07, 6.45) is 0. The lowest BCUT2D eigenvalue weighted by molar-refractivity contribution is 0.159. The second-order valence-corrected chi connectivity index (χ2v) is 5.38. The van der Waals surface area contributed by atoms with Crippen LogP contribution in [0.25, 0.3) is 10.9 Å². The van der Waals surface area contributed by atoms with E-state index in [0.717, 1.165) is 22.2 Å². The fraction of sp³-hybridized carbons (Fsp3) is 0.438. The van der Waals surface area contributed by atoms with Gasteiger partial charge in [0.15, 0.2) is 0 Å². The smallest absolute Gasteiger partial charge is 0.128 e. The molecule has 1 aromatic carbocycles. The van der Waals surface area contributed by atoms with Crippen LogP contribution in [0.15, 0.2) is 24.3 Å². The minimum atomic E-state index is 0.135. The Bertz CT molecular complexity index is 614. The summed E-state index contributed by atoms with van der Waals surface area (Å²) < 4.78 is 5.20. The first-order chi connectivity index (χ1) is 10.0. The highest BCUT2D eigenvalue weighted by atomic mass is 16.5. The van der Waals surface area contributed by atoms with E-state index < -0.39 is 0 Å². The SMILES string of the molecule is COc1ccc2cc(CN(CCO)C(C)C)c(N)nc2c1. The maximum Gasteiger partial charge on any atom is 0.128 e. The third kappa shape index (κ3) is 3.62. The van der Waals surface area contributed by atoms with Gasteiger partial charge in [0.1, 0.15) is 11.6 Å². The highest BCUT2D eigenvalue weighted by Crippen LogP contribution is 2.24. The van der Waals surface area contributed by atoms with Gasteiger partial charge in [-0.05, 0) is 32.0 Å². The summed E-state index contributed by atoms with van der Waals surface area (Å²) in [7, 11) is 1.63. The molecule has 2 aromatic rings. The molecule has 0 unspecified atom stereocenters. The van der Waals surface area contributed by atoms with E-state index in [-0.39, 0.29) is 6.61 Å². The first kappa shape index (κ1) is 15.5. The third-order valence-electron chi connectivity index (χ3n) is 3.63. The Kier molecular flexibility index (Phi) is 4.98. The van der Waals surface area contributed by atoms with Crippen LogP contribution in [0.1, 0.15) is 19.4 Å². The van der Waals surface area contributed by atoms with E-state index in [9.17, 15) is 0 Å². The van der Waals surface area contributed by atoms with Gasteiger partial charge in [0.05, 0.1) is 19.2 Å². The number of aliphatic hydroxyl groups excluding tert-OH is 1. The zero-order valence-electron chi connectivity index (χ0n) is 12.8. The van der Waals surface area contributed by atoms with E-state index in [1.807, 2.05) is 18.2 Å². The Morgan fingerprint density at radius 1 is 1.33 bits per heavy atom. The van der Waals surface area contributed by atoms with Crippen LogP contribution in [0.2, 0.25) is 0 Å². The number of benzene rings is 1. The Morgan fingerprint density at radius 2 is 2.10 bits per heavy atom. The highest BCUT2D eigenvalue weighted by molar-refractivity contribution is 5.82. The van der Waals surface area contributed by atoms with E-state index in [2.05, 4.69) is 29.8 Å². The molecule has 0 radical (unpaired) electrons. The number of aliphatic hydroxyl groups is 1. The summed E-state index contributed by atoms with van der Waals surface area (Å²) in [5.41, 5.74) is 7.89.